The van der Waals surface area contributed by atoms with Gasteiger partial charge in [0.05, 0.1) is 5.56 Å². The lowest BCUT2D eigenvalue weighted by Gasteiger charge is -2.12. The molecule has 0 radical (unpaired) electrons. The number of hydrogen-bond donors (Lipinski definition) is 1. The molecule has 0 unspecified atom stereocenters. The number of aromatic nitrogens is 1. The Kier molecular flexibility index (Phi) is 3.83. The zero-order valence-corrected chi connectivity index (χ0v) is 12.4. The van der Waals surface area contributed by atoms with Crippen molar-refractivity contribution in [1.82, 2.24) is 10.3 Å². The van der Waals surface area contributed by atoms with Crippen LogP contribution in [0.3, 0.4) is 0 Å². The van der Waals surface area contributed by atoms with Crippen LogP contribution < -0.4 is 5.32 Å². The quantitative estimate of drug-likeness (QED) is 0.860. The number of benzene rings is 1. The minimum absolute atomic E-state index is 0.00507. The van der Waals surface area contributed by atoms with Crippen molar-refractivity contribution in [1.29, 1.82) is 0 Å². The van der Waals surface area contributed by atoms with Gasteiger partial charge in [0.1, 0.15) is 5.15 Å². The van der Waals surface area contributed by atoms with E-state index in [1.807, 2.05) is 24.3 Å². The first kappa shape index (κ1) is 14.3. The molecule has 21 heavy (non-hydrogen) atoms. The molecule has 1 aromatic carbocycles. The van der Waals surface area contributed by atoms with E-state index in [1.54, 1.807) is 0 Å². The van der Waals surface area contributed by atoms with Crippen LogP contribution in [0.4, 0.5) is 4.39 Å². The van der Waals surface area contributed by atoms with E-state index in [9.17, 15) is 9.18 Å². The van der Waals surface area contributed by atoms with Crippen molar-refractivity contribution in [3.05, 3.63) is 63.1 Å². The summed E-state index contributed by atoms with van der Waals surface area (Å²) in [6, 6.07) is 9.01. The SMILES string of the molecule is O=C(NC1Cc2ccccc2C1)c1cc(F)c(Cl)nc1Cl. The van der Waals surface area contributed by atoms with Gasteiger partial charge in [0.15, 0.2) is 11.0 Å². The first-order valence-electron chi connectivity index (χ1n) is 6.44. The summed E-state index contributed by atoms with van der Waals surface area (Å²) in [6.07, 6.45) is 1.51. The lowest BCUT2D eigenvalue weighted by Crippen LogP contribution is -2.35. The maximum Gasteiger partial charge on any atom is 0.254 e. The van der Waals surface area contributed by atoms with E-state index in [2.05, 4.69) is 10.3 Å². The lowest BCUT2D eigenvalue weighted by molar-refractivity contribution is 0.0938. The average Bonchev–Trinajstić information content (AvgIpc) is 2.84. The Balaban J connectivity index is 1.75. The molecule has 1 aliphatic carbocycles. The second-order valence-electron chi connectivity index (χ2n) is 4.95. The second kappa shape index (κ2) is 5.62. The molecule has 1 aromatic heterocycles. The van der Waals surface area contributed by atoms with Crippen molar-refractivity contribution in [3.63, 3.8) is 0 Å². The first-order valence-corrected chi connectivity index (χ1v) is 7.19. The Bertz CT molecular complexity index is 696. The third kappa shape index (κ3) is 2.87. The molecule has 0 bridgehead atoms. The summed E-state index contributed by atoms with van der Waals surface area (Å²) in [4.78, 5) is 15.8. The van der Waals surface area contributed by atoms with Crippen molar-refractivity contribution in [2.24, 2.45) is 0 Å². The number of fused-ring (bicyclic) bond motifs is 1. The maximum absolute atomic E-state index is 13.4. The Hall–Kier alpha value is -1.65. The molecule has 0 saturated heterocycles. The van der Waals surface area contributed by atoms with Gasteiger partial charge in [-0.1, -0.05) is 47.5 Å². The Morgan fingerprint density at radius 1 is 1.19 bits per heavy atom. The number of pyridine rings is 1. The van der Waals surface area contributed by atoms with Crippen LogP contribution in [0.25, 0.3) is 0 Å². The molecule has 0 fully saturated rings. The number of rotatable bonds is 2. The van der Waals surface area contributed by atoms with E-state index < -0.39 is 11.7 Å². The van der Waals surface area contributed by atoms with Crippen LogP contribution in [0.5, 0.6) is 0 Å². The predicted molar refractivity (Wildman–Crippen MR) is 79.3 cm³/mol. The molecule has 2 aromatic rings. The molecule has 6 heteroatoms. The fourth-order valence-electron chi connectivity index (χ4n) is 2.53. The van der Waals surface area contributed by atoms with Gasteiger partial charge in [0, 0.05) is 6.04 Å². The summed E-state index contributed by atoms with van der Waals surface area (Å²) in [5.74, 6) is -1.21. The average molecular weight is 325 g/mol. The Labute approximate surface area is 131 Å². The molecule has 0 spiro atoms. The fraction of sp³-hybridized carbons (Fsp3) is 0.200. The minimum atomic E-state index is -0.763. The highest BCUT2D eigenvalue weighted by Crippen LogP contribution is 2.23. The van der Waals surface area contributed by atoms with Gasteiger partial charge in [0.2, 0.25) is 0 Å². The number of nitrogens with zero attached hydrogens (tertiary/aromatic N) is 1. The molecular formula is C15H11Cl2FN2O. The highest BCUT2D eigenvalue weighted by atomic mass is 35.5. The largest absolute Gasteiger partial charge is 0.349 e. The maximum atomic E-state index is 13.4. The van der Waals surface area contributed by atoms with Gasteiger partial charge in [-0.25, -0.2) is 9.37 Å². The topological polar surface area (TPSA) is 42.0 Å². The van der Waals surface area contributed by atoms with E-state index in [0.717, 1.165) is 18.9 Å². The van der Waals surface area contributed by atoms with Crippen LogP contribution in [0, 0.1) is 5.82 Å². The number of amides is 1. The van der Waals surface area contributed by atoms with Gasteiger partial charge < -0.3 is 5.32 Å². The predicted octanol–water partition coefficient (Wildman–Crippen LogP) is 3.42. The van der Waals surface area contributed by atoms with E-state index in [1.165, 1.54) is 11.1 Å². The monoisotopic (exact) mass is 324 g/mol. The van der Waals surface area contributed by atoms with E-state index in [0.29, 0.717) is 0 Å². The van der Waals surface area contributed by atoms with Crippen molar-refractivity contribution in [2.75, 3.05) is 0 Å². The number of hydrogen-bond acceptors (Lipinski definition) is 2. The van der Waals surface area contributed by atoms with Crippen LogP contribution in [0.2, 0.25) is 10.3 Å². The molecular weight excluding hydrogens is 314 g/mol. The molecule has 3 rings (SSSR count). The lowest BCUT2D eigenvalue weighted by atomic mass is 10.1. The van der Waals surface area contributed by atoms with Gasteiger partial charge in [0.25, 0.3) is 5.91 Å². The second-order valence-corrected chi connectivity index (χ2v) is 5.66. The third-order valence-corrected chi connectivity index (χ3v) is 4.07. The standard InChI is InChI=1S/C15H11Cl2FN2O/c16-13-11(7-12(18)14(17)20-13)15(21)19-10-5-8-3-1-2-4-9(8)6-10/h1-4,7,10H,5-6H2,(H,19,21). The number of halogens is 3. The van der Waals surface area contributed by atoms with Crippen molar-refractivity contribution in [2.45, 2.75) is 18.9 Å². The van der Waals surface area contributed by atoms with Crippen LogP contribution in [0.15, 0.2) is 30.3 Å². The summed E-state index contributed by atoms with van der Waals surface area (Å²) in [5.41, 5.74) is 2.43. The van der Waals surface area contributed by atoms with Gasteiger partial charge in [-0.2, -0.15) is 0 Å². The minimum Gasteiger partial charge on any atom is -0.349 e. The summed E-state index contributed by atoms with van der Waals surface area (Å²) in [6.45, 7) is 0. The molecule has 0 aliphatic heterocycles. The van der Waals surface area contributed by atoms with E-state index in [-0.39, 0.29) is 21.9 Å². The Morgan fingerprint density at radius 2 is 1.81 bits per heavy atom. The summed E-state index contributed by atoms with van der Waals surface area (Å²) in [5, 5.41) is 2.41. The molecule has 108 valence electrons. The van der Waals surface area contributed by atoms with Crippen LogP contribution in [0.1, 0.15) is 21.5 Å². The molecule has 1 heterocycles. The third-order valence-electron chi connectivity index (χ3n) is 3.52. The summed E-state index contributed by atoms with van der Waals surface area (Å²) >= 11 is 11.4. The number of nitrogens with one attached hydrogen (secondary N) is 1. The zero-order valence-electron chi connectivity index (χ0n) is 10.9. The summed E-state index contributed by atoms with van der Waals surface area (Å²) in [7, 11) is 0. The van der Waals surface area contributed by atoms with E-state index >= 15 is 0 Å². The van der Waals surface area contributed by atoms with Crippen molar-refractivity contribution >= 4 is 29.1 Å². The van der Waals surface area contributed by atoms with Gasteiger partial charge in [-0.05, 0) is 30.0 Å². The summed E-state index contributed by atoms with van der Waals surface area (Å²) < 4.78 is 13.4. The van der Waals surface area contributed by atoms with Crippen LogP contribution >= 0.6 is 23.2 Å². The van der Waals surface area contributed by atoms with Crippen LogP contribution in [-0.2, 0) is 12.8 Å². The van der Waals surface area contributed by atoms with Crippen LogP contribution in [-0.4, -0.2) is 16.9 Å². The number of carbonyl (C=O) groups excluding carboxylic acids is 1. The van der Waals surface area contributed by atoms with Crippen molar-refractivity contribution in [3.8, 4) is 0 Å². The highest BCUT2D eigenvalue weighted by molar-refractivity contribution is 6.34. The normalized spacial score (nSPS) is 14.0. The van der Waals surface area contributed by atoms with Gasteiger partial charge in [-0.3, -0.25) is 4.79 Å². The fourth-order valence-corrected chi connectivity index (χ4v) is 2.94. The molecule has 1 amide bonds. The highest BCUT2D eigenvalue weighted by Gasteiger charge is 2.24. The van der Waals surface area contributed by atoms with Gasteiger partial charge in [-0.15, -0.1) is 0 Å². The smallest absolute Gasteiger partial charge is 0.254 e. The molecule has 1 N–H and O–H groups in total. The Morgan fingerprint density at radius 3 is 2.43 bits per heavy atom. The molecule has 0 saturated carbocycles. The van der Waals surface area contributed by atoms with Gasteiger partial charge >= 0.3 is 0 Å². The van der Waals surface area contributed by atoms with Crippen molar-refractivity contribution < 1.29 is 9.18 Å². The number of carbonyl (C=O) groups is 1. The first-order chi connectivity index (χ1) is 10.0. The molecule has 0 atom stereocenters. The molecule has 3 nitrogen and oxygen atoms in total. The molecule has 1 aliphatic rings. The zero-order chi connectivity index (χ0) is 15.0. The van der Waals surface area contributed by atoms with E-state index in [4.69, 9.17) is 23.2 Å².